The lowest BCUT2D eigenvalue weighted by atomic mass is 9.82. The van der Waals surface area contributed by atoms with E-state index in [1.54, 1.807) is 0 Å². The summed E-state index contributed by atoms with van der Waals surface area (Å²) in [7, 11) is 0. The number of hydrogen-bond donors (Lipinski definition) is 0. The Morgan fingerprint density at radius 1 is 0.893 bits per heavy atom. The van der Waals surface area contributed by atoms with Crippen LogP contribution in [0.3, 0.4) is 0 Å². The fourth-order valence-corrected chi connectivity index (χ4v) is 5.35. The first-order chi connectivity index (χ1) is 13.8. The van der Waals surface area contributed by atoms with E-state index in [4.69, 9.17) is 5.10 Å². The van der Waals surface area contributed by atoms with E-state index in [1.165, 1.54) is 100 Å². The maximum absolute atomic E-state index is 5.15. The van der Waals surface area contributed by atoms with Gasteiger partial charge in [-0.1, -0.05) is 24.6 Å². The van der Waals surface area contributed by atoms with Gasteiger partial charge in [-0.3, -0.25) is 0 Å². The molecule has 28 heavy (non-hydrogen) atoms. The van der Waals surface area contributed by atoms with E-state index >= 15 is 0 Å². The van der Waals surface area contributed by atoms with Gasteiger partial charge in [0.2, 0.25) is 0 Å². The number of piperidine rings is 1. The topological polar surface area (TPSA) is 24.3 Å². The highest BCUT2D eigenvalue weighted by atomic mass is 15.3. The molecule has 1 aromatic heterocycles. The summed E-state index contributed by atoms with van der Waals surface area (Å²) >= 11 is 0. The molecule has 3 aliphatic rings. The van der Waals surface area contributed by atoms with Crippen LogP contribution in [-0.2, 0) is 0 Å². The third kappa shape index (κ3) is 3.47. The molecule has 2 aromatic rings. The van der Waals surface area contributed by atoms with E-state index in [1.807, 2.05) is 0 Å². The van der Waals surface area contributed by atoms with Crippen molar-refractivity contribution < 1.29 is 0 Å². The second-order valence-electron chi connectivity index (χ2n) is 9.13. The third-order valence-electron chi connectivity index (χ3n) is 7.25. The lowest BCUT2D eigenvalue weighted by molar-refractivity contribution is 0.249. The van der Waals surface area contributed by atoms with Crippen LogP contribution in [0.1, 0.15) is 62.3 Å². The molecule has 0 N–H and O–H groups in total. The van der Waals surface area contributed by atoms with Crippen molar-refractivity contribution in [3.05, 3.63) is 41.7 Å². The van der Waals surface area contributed by atoms with E-state index in [9.17, 15) is 0 Å². The highest BCUT2D eigenvalue weighted by Gasteiger charge is 2.32. The number of hydrogen-bond acceptors (Lipinski definition) is 3. The highest BCUT2D eigenvalue weighted by Crippen LogP contribution is 2.43. The zero-order valence-corrected chi connectivity index (χ0v) is 17.3. The smallest absolute Gasteiger partial charge is 0.0896 e. The maximum Gasteiger partial charge on any atom is 0.0896 e. The van der Waals surface area contributed by atoms with Crippen LogP contribution in [0.2, 0.25) is 0 Å². The molecule has 2 aliphatic heterocycles. The fraction of sp³-hybridized carbons (Fsp3) is 0.625. The van der Waals surface area contributed by atoms with Crippen molar-refractivity contribution in [1.82, 2.24) is 14.7 Å². The van der Waals surface area contributed by atoms with Gasteiger partial charge < -0.3 is 9.80 Å². The largest absolute Gasteiger partial charge is 0.369 e. The second kappa shape index (κ2) is 7.90. The minimum absolute atomic E-state index is 0.668. The summed E-state index contributed by atoms with van der Waals surface area (Å²) < 4.78 is 2.19. The number of nitrogens with zero attached hydrogens (tertiary/aromatic N) is 4. The number of likely N-dealkylation sites (tertiary alicyclic amines) is 1. The molecule has 0 atom stereocenters. The van der Waals surface area contributed by atoms with Gasteiger partial charge in [0.25, 0.3) is 0 Å². The quantitative estimate of drug-likeness (QED) is 0.750. The molecule has 3 fully saturated rings. The van der Waals surface area contributed by atoms with E-state index in [0.29, 0.717) is 5.92 Å². The number of para-hydroxylation sites is 1. The molecule has 3 heterocycles. The van der Waals surface area contributed by atoms with Gasteiger partial charge >= 0.3 is 0 Å². The molecule has 1 saturated carbocycles. The van der Waals surface area contributed by atoms with Crippen molar-refractivity contribution in [3.63, 3.8) is 0 Å². The van der Waals surface area contributed by atoms with E-state index in [2.05, 4.69) is 51.7 Å². The van der Waals surface area contributed by atoms with Crippen LogP contribution >= 0.6 is 0 Å². The third-order valence-corrected chi connectivity index (χ3v) is 7.25. The number of benzene rings is 1. The fourth-order valence-electron chi connectivity index (χ4n) is 5.35. The van der Waals surface area contributed by atoms with Crippen LogP contribution in [0.5, 0.6) is 0 Å². The Balaban J connectivity index is 1.36. The Kier molecular flexibility index (Phi) is 5.15. The van der Waals surface area contributed by atoms with Gasteiger partial charge in [0.15, 0.2) is 0 Å². The van der Waals surface area contributed by atoms with Crippen molar-refractivity contribution in [1.29, 1.82) is 0 Å². The second-order valence-corrected chi connectivity index (χ2v) is 9.13. The first-order valence-electron chi connectivity index (χ1n) is 11.4. The molecule has 1 aromatic carbocycles. The molecule has 5 rings (SSSR count). The summed E-state index contributed by atoms with van der Waals surface area (Å²) in [5.74, 6) is 1.55. The van der Waals surface area contributed by atoms with Gasteiger partial charge in [0.1, 0.15) is 0 Å². The summed E-state index contributed by atoms with van der Waals surface area (Å²) in [6.07, 6.45) is 9.45. The normalized spacial score (nSPS) is 22.0. The molecule has 0 spiro atoms. The first kappa shape index (κ1) is 18.2. The Bertz CT molecular complexity index is 778. The van der Waals surface area contributed by atoms with Gasteiger partial charge in [0.05, 0.1) is 22.8 Å². The predicted molar refractivity (Wildman–Crippen MR) is 116 cm³/mol. The van der Waals surface area contributed by atoms with Crippen LogP contribution in [-0.4, -0.2) is 47.4 Å². The molecule has 0 amide bonds. The molecule has 0 radical (unpaired) electrons. The van der Waals surface area contributed by atoms with Gasteiger partial charge in [0, 0.05) is 25.6 Å². The first-order valence-corrected chi connectivity index (χ1v) is 11.4. The van der Waals surface area contributed by atoms with Crippen LogP contribution in [0.15, 0.2) is 30.3 Å². The molecular weight excluding hydrogens is 344 g/mol. The van der Waals surface area contributed by atoms with Crippen molar-refractivity contribution in [2.75, 3.05) is 37.6 Å². The van der Waals surface area contributed by atoms with Gasteiger partial charge in [-0.15, -0.1) is 0 Å². The number of rotatable bonds is 5. The van der Waals surface area contributed by atoms with Gasteiger partial charge in [-0.2, -0.15) is 5.10 Å². The molecule has 2 saturated heterocycles. The molecule has 0 bridgehead atoms. The molecule has 1 aliphatic carbocycles. The minimum Gasteiger partial charge on any atom is -0.369 e. The highest BCUT2D eigenvalue weighted by molar-refractivity contribution is 5.59. The van der Waals surface area contributed by atoms with Crippen LogP contribution in [0.25, 0.3) is 5.69 Å². The van der Waals surface area contributed by atoms with E-state index in [0.717, 1.165) is 5.92 Å². The lowest BCUT2D eigenvalue weighted by Crippen LogP contribution is -2.38. The zero-order valence-electron chi connectivity index (χ0n) is 17.3. The monoisotopic (exact) mass is 378 g/mol. The van der Waals surface area contributed by atoms with Crippen LogP contribution in [0.4, 0.5) is 5.69 Å². The Hall–Kier alpha value is -1.81. The lowest BCUT2D eigenvalue weighted by Gasteiger charge is -2.36. The van der Waals surface area contributed by atoms with Crippen LogP contribution < -0.4 is 4.90 Å². The van der Waals surface area contributed by atoms with Crippen molar-refractivity contribution in [2.45, 2.75) is 57.8 Å². The van der Waals surface area contributed by atoms with Crippen molar-refractivity contribution in [2.24, 2.45) is 5.92 Å². The zero-order chi connectivity index (χ0) is 18.9. The summed E-state index contributed by atoms with van der Waals surface area (Å²) in [6, 6.07) is 10.7. The summed E-state index contributed by atoms with van der Waals surface area (Å²) in [5, 5.41) is 5.15. The van der Waals surface area contributed by atoms with Crippen molar-refractivity contribution in [3.8, 4) is 5.69 Å². The average Bonchev–Trinajstić information content (AvgIpc) is 3.30. The Labute approximate surface area is 169 Å². The minimum atomic E-state index is 0.668. The standard InChI is InChI=1S/C24H34N4/c1-19-24(27-16-12-20(13-17-27)18-26-14-5-6-15-26)23(21-8-7-9-21)25-28(19)22-10-3-2-4-11-22/h2-4,10-11,20-21H,5-9,12-18H2,1H3. The molecule has 4 nitrogen and oxygen atoms in total. The average molecular weight is 379 g/mol. The Morgan fingerprint density at radius 3 is 2.25 bits per heavy atom. The molecule has 0 unspecified atom stereocenters. The van der Waals surface area contributed by atoms with E-state index in [-0.39, 0.29) is 0 Å². The Morgan fingerprint density at radius 2 is 1.61 bits per heavy atom. The summed E-state index contributed by atoms with van der Waals surface area (Å²) in [5.41, 5.74) is 5.33. The van der Waals surface area contributed by atoms with Crippen LogP contribution in [0, 0.1) is 12.8 Å². The number of anilines is 1. The summed E-state index contributed by atoms with van der Waals surface area (Å²) in [4.78, 5) is 5.36. The number of aromatic nitrogens is 2. The molecule has 150 valence electrons. The molecular formula is C24H34N4. The van der Waals surface area contributed by atoms with Crippen molar-refractivity contribution >= 4 is 5.69 Å². The van der Waals surface area contributed by atoms with E-state index < -0.39 is 0 Å². The van der Waals surface area contributed by atoms with Gasteiger partial charge in [-0.05, 0) is 76.6 Å². The maximum atomic E-state index is 5.15. The predicted octanol–water partition coefficient (Wildman–Crippen LogP) is 4.76. The summed E-state index contributed by atoms with van der Waals surface area (Å²) in [6.45, 7) is 8.64. The van der Waals surface area contributed by atoms with Gasteiger partial charge in [-0.25, -0.2) is 4.68 Å². The SMILES string of the molecule is Cc1c(N2CCC(CN3CCCC3)CC2)c(C2CCC2)nn1-c1ccccc1. The molecule has 4 heteroatoms.